The fourth-order valence-electron chi connectivity index (χ4n) is 1.08. The zero-order valence-corrected chi connectivity index (χ0v) is 10.0. The van der Waals surface area contributed by atoms with Crippen molar-refractivity contribution >= 4 is 22.2 Å². The van der Waals surface area contributed by atoms with Crippen molar-refractivity contribution in [3.05, 3.63) is 28.2 Å². The van der Waals surface area contributed by atoms with E-state index >= 15 is 0 Å². The number of carbonyl (C=O) groups is 1. The smallest absolute Gasteiger partial charge is 0.153 e. The first-order valence-corrected chi connectivity index (χ1v) is 5.34. The summed E-state index contributed by atoms with van der Waals surface area (Å²) < 4.78 is 6.30. The van der Waals surface area contributed by atoms with Crippen LogP contribution in [0.2, 0.25) is 0 Å². The molecule has 0 aliphatic carbocycles. The molecule has 0 aliphatic heterocycles. The van der Waals surface area contributed by atoms with Crippen LogP contribution >= 0.6 is 15.9 Å². The van der Waals surface area contributed by atoms with Crippen LogP contribution in [-0.2, 0) is 0 Å². The molecule has 1 aromatic carbocycles. The molecule has 0 unspecified atom stereocenters. The number of hydrogen-bond acceptors (Lipinski definition) is 2. The lowest BCUT2D eigenvalue weighted by Crippen LogP contribution is -1.98. The van der Waals surface area contributed by atoms with Crippen LogP contribution in [0.4, 0.5) is 0 Å². The molecular weight excluding hydrogens is 256 g/mol. The fraction of sp³-hybridized carbons (Fsp3) is 0.250. The summed E-state index contributed by atoms with van der Waals surface area (Å²) in [5.74, 6) is 6.28. The Bertz CT molecular complexity index is 402. The maximum Gasteiger partial charge on any atom is 0.153 e. The van der Waals surface area contributed by atoms with Gasteiger partial charge in [0.2, 0.25) is 0 Å². The van der Waals surface area contributed by atoms with E-state index in [1.54, 1.807) is 19.1 Å². The molecule has 0 N–H and O–H groups in total. The first kappa shape index (κ1) is 11.8. The van der Waals surface area contributed by atoms with Crippen LogP contribution in [0.25, 0.3) is 0 Å². The van der Waals surface area contributed by atoms with E-state index in [2.05, 4.69) is 27.8 Å². The lowest BCUT2D eigenvalue weighted by Gasteiger charge is -2.06. The quantitative estimate of drug-likeness (QED) is 0.476. The standard InChI is InChI=1S/C12H11BrO2/c1-2-3-4-7-15-12-6-5-11(13)8-10(12)9-14/h5-6,8-9H,4,7H2,1H3. The summed E-state index contributed by atoms with van der Waals surface area (Å²) in [4.78, 5) is 10.7. The predicted octanol–water partition coefficient (Wildman–Crippen LogP) is 3.05. The van der Waals surface area contributed by atoms with E-state index in [1.807, 2.05) is 6.07 Å². The molecule has 0 fully saturated rings. The molecule has 1 rings (SSSR count). The largest absolute Gasteiger partial charge is 0.492 e. The van der Waals surface area contributed by atoms with Crippen molar-refractivity contribution in [2.24, 2.45) is 0 Å². The highest BCUT2D eigenvalue weighted by Crippen LogP contribution is 2.21. The molecule has 0 amide bonds. The van der Waals surface area contributed by atoms with Gasteiger partial charge in [0.15, 0.2) is 6.29 Å². The van der Waals surface area contributed by atoms with Crippen LogP contribution < -0.4 is 4.74 Å². The Kier molecular flexibility index (Phi) is 4.92. The van der Waals surface area contributed by atoms with E-state index in [0.29, 0.717) is 24.3 Å². The molecule has 0 aliphatic rings. The van der Waals surface area contributed by atoms with Gasteiger partial charge in [0.1, 0.15) is 5.75 Å². The van der Waals surface area contributed by atoms with E-state index in [9.17, 15) is 4.79 Å². The Labute approximate surface area is 97.8 Å². The van der Waals surface area contributed by atoms with Crippen LogP contribution in [0, 0.1) is 11.8 Å². The van der Waals surface area contributed by atoms with Gasteiger partial charge < -0.3 is 4.74 Å². The Morgan fingerprint density at radius 2 is 2.33 bits per heavy atom. The van der Waals surface area contributed by atoms with Crippen LogP contribution in [0.5, 0.6) is 5.75 Å². The number of ether oxygens (including phenoxy) is 1. The molecule has 0 saturated carbocycles. The summed E-state index contributed by atoms with van der Waals surface area (Å²) in [5, 5.41) is 0. The van der Waals surface area contributed by atoms with E-state index < -0.39 is 0 Å². The highest BCUT2D eigenvalue weighted by atomic mass is 79.9. The van der Waals surface area contributed by atoms with Gasteiger partial charge in [0.05, 0.1) is 12.2 Å². The first-order valence-electron chi connectivity index (χ1n) is 4.55. The fourth-order valence-corrected chi connectivity index (χ4v) is 1.46. The second kappa shape index (κ2) is 6.26. The highest BCUT2D eigenvalue weighted by molar-refractivity contribution is 9.10. The van der Waals surface area contributed by atoms with Gasteiger partial charge in [-0.25, -0.2) is 0 Å². The number of halogens is 1. The molecule has 3 heteroatoms. The Morgan fingerprint density at radius 1 is 1.53 bits per heavy atom. The lowest BCUT2D eigenvalue weighted by molar-refractivity contribution is 0.111. The molecule has 15 heavy (non-hydrogen) atoms. The molecule has 0 aromatic heterocycles. The van der Waals surface area contributed by atoms with Crippen molar-refractivity contribution in [3.63, 3.8) is 0 Å². The molecule has 1 aromatic rings. The van der Waals surface area contributed by atoms with Crippen molar-refractivity contribution in [1.29, 1.82) is 0 Å². The van der Waals surface area contributed by atoms with Crippen LogP contribution in [-0.4, -0.2) is 12.9 Å². The van der Waals surface area contributed by atoms with Crippen molar-refractivity contribution < 1.29 is 9.53 Å². The Hall–Kier alpha value is -1.27. The number of hydrogen-bond donors (Lipinski definition) is 0. The van der Waals surface area contributed by atoms with Crippen molar-refractivity contribution in [1.82, 2.24) is 0 Å². The van der Waals surface area contributed by atoms with Gasteiger partial charge in [-0.05, 0) is 25.1 Å². The van der Waals surface area contributed by atoms with Gasteiger partial charge in [-0.1, -0.05) is 15.9 Å². The Balaban J connectivity index is 2.66. The predicted molar refractivity (Wildman–Crippen MR) is 63.1 cm³/mol. The van der Waals surface area contributed by atoms with Gasteiger partial charge in [-0.3, -0.25) is 4.79 Å². The second-order valence-electron chi connectivity index (χ2n) is 2.83. The number of benzene rings is 1. The van der Waals surface area contributed by atoms with Crippen LogP contribution in [0.15, 0.2) is 22.7 Å². The summed E-state index contributed by atoms with van der Waals surface area (Å²) >= 11 is 3.29. The van der Waals surface area contributed by atoms with Gasteiger partial charge >= 0.3 is 0 Å². The van der Waals surface area contributed by atoms with Crippen molar-refractivity contribution in [2.75, 3.05) is 6.61 Å². The lowest BCUT2D eigenvalue weighted by atomic mass is 10.2. The minimum atomic E-state index is 0.503. The van der Waals surface area contributed by atoms with Crippen LogP contribution in [0.3, 0.4) is 0 Å². The number of rotatable bonds is 4. The van der Waals surface area contributed by atoms with Gasteiger partial charge in [0, 0.05) is 10.9 Å². The van der Waals surface area contributed by atoms with Crippen molar-refractivity contribution in [3.8, 4) is 17.6 Å². The van der Waals surface area contributed by atoms with Crippen LogP contribution in [0.1, 0.15) is 23.7 Å². The molecule has 0 spiro atoms. The summed E-state index contributed by atoms with van der Waals surface area (Å²) in [6, 6.07) is 5.34. The normalized spacial score (nSPS) is 8.93. The molecule has 0 bridgehead atoms. The zero-order chi connectivity index (χ0) is 11.1. The molecule has 0 heterocycles. The molecular formula is C12H11BrO2. The molecule has 0 radical (unpaired) electrons. The van der Waals surface area contributed by atoms with Crippen molar-refractivity contribution in [2.45, 2.75) is 13.3 Å². The Morgan fingerprint density at radius 3 is 3.00 bits per heavy atom. The summed E-state index contributed by atoms with van der Waals surface area (Å²) in [7, 11) is 0. The number of aldehydes is 1. The topological polar surface area (TPSA) is 26.3 Å². The third kappa shape index (κ3) is 3.77. The maximum absolute atomic E-state index is 10.7. The maximum atomic E-state index is 10.7. The average molecular weight is 267 g/mol. The second-order valence-corrected chi connectivity index (χ2v) is 3.74. The van der Waals surface area contributed by atoms with E-state index in [0.717, 1.165) is 10.8 Å². The third-order valence-electron chi connectivity index (χ3n) is 1.76. The van der Waals surface area contributed by atoms with Gasteiger partial charge in [-0.15, -0.1) is 11.8 Å². The molecule has 78 valence electrons. The first-order chi connectivity index (χ1) is 7.27. The third-order valence-corrected chi connectivity index (χ3v) is 2.25. The minimum absolute atomic E-state index is 0.503. The summed E-state index contributed by atoms with van der Waals surface area (Å²) in [6.07, 6.45) is 1.45. The minimum Gasteiger partial charge on any atom is -0.492 e. The molecule has 0 atom stereocenters. The summed E-state index contributed by atoms with van der Waals surface area (Å²) in [6.45, 7) is 2.29. The van der Waals surface area contributed by atoms with E-state index in [-0.39, 0.29) is 0 Å². The zero-order valence-electron chi connectivity index (χ0n) is 8.42. The molecule has 0 saturated heterocycles. The average Bonchev–Trinajstić information content (AvgIpc) is 2.26. The van der Waals surface area contributed by atoms with Gasteiger partial charge in [0.25, 0.3) is 0 Å². The number of carbonyl (C=O) groups excluding carboxylic acids is 1. The molecule has 2 nitrogen and oxygen atoms in total. The summed E-state index contributed by atoms with van der Waals surface area (Å²) in [5.41, 5.74) is 0.550. The van der Waals surface area contributed by atoms with E-state index in [4.69, 9.17) is 4.74 Å². The highest BCUT2D eigenvalue weighted by Gasteiger charge is 2.02. The SMILES string of the molecule is CC#CCCOc1ccc(Br)cc1C=O. The van der Waals surface area contributed by atoms with Gasteiger partial charge in [-0.2, -0.15) is 0 Å². The van der Waals surface area contributed by atoms with E-state index in [1.165, 1.54) is 0 Å². The monoisotopic (exact) mass is 266 g/mol.